The zero-order valence-electron chi connectivity index (χ0n) is 16.8. The van der Waals surface area contributed by atoms with E-state index in [2.05, 4.69) is 0 Å². The lowest BCUT2D eigenvalue weighted by molar-refractivity contribution is -0.242. The minimum absolute atomic E-state index is 0.130. The molecule has 1 atom stereocenters. The number of nitrogens with one attached hydrogen (secondary N) is 1. The Morgan fingerprint density at radius 2 is 1.44 bits per heavy atom. The van der Waals surface area contributed by atoms with Gasteiger partial charge in [-0.25, -0.2) is 21.1 Å². The zero-order chi connectivity index (χ0) is 24.7. The van der Waals surface area contributed by atoms with E-state index in [1.54, 1.807) is 5.32 Å². The number of benzene rings is 2. The molecule has 0 spiro atoms. The van der Waals surface area contributed by atoms with Gasteiger partial charge in [0, 0.05) is 14.1 Å². The Morgan fingerprint density at radius 1 is 0.969 bits per heavy atom. The van der Waals surface area contributed by atoms with Crippen LogP contribution in [-0.4, -0.2) is 58.0 Å². The molecule has 0 heterocycles. The highest BCUT2D eigenvalue weighted by atomic mass is 35.5. The molecule has 0 aliphatic carbocycles. The molecule has 1 amide bonds. The minimum Gasteiger partial charge on any atom is -0.373 e. The summed E-state index contributed by atoms with van der Waals surface area (Å²) in [7, 11) is -5.32. The van der Waals surface area contributed by atoms with Gasteiger partial charge < -0.3 is 10.4 Å². The lowest BCUT2D eigenvalue weighted by Crippen LogP contribution is -2.52. The average molecular weight is 515 g/mol. The van der Waals surface area contributed by atoms with Crippen LogP contribution in [0.5, 0.6) is 0 Å². The number of amides is 1. The molecule has 176 valence electrons. The van der Waals surface area contributed by atoms with Crippen LogP contribution in [0.2, 0.25) is 5.02 Å². The molecule has 0 fully saturated rings. The Bertz CT molecular complexity index is 1240. The monoisotopic (exact) mass is 514 g/mol. The van der Waals surface area contributed by atoms with E-state index in [1.165, 1.54) is 14.1 Å². The summed E-state index contributed by atoms with van der Waals surface area (Å²) >= 11 is 5.92. The summed E-state index contributed by atoms with van der Waals surface area (Å²) < 4.78 is 89.1. The van der Waals surface area contributed by atoms with Gasteiger partial charge in [0.15, 0.2) is 0 Å². The van der Waals surface area contributed by atoms with Gasteiger partial charge in [-0.1, -0.05) is 11.6 Å². The molecule has 8 nitrogen and oxygen atoms in total. The Balaban J connectivity index is 2.35. The number of sulfonamides is 1. The van der Waals surface area contributed by atoms with Crippen LogP contribution >= 0.6 is 11.6 Å². The molecule has 0 aromatic heterocycles. The summed E-state index contributed by atoms with van der Waals surface area (Å²) in [4.78, 5) is 11.0. The summed E-state index contributed by atoms with van der Waals surface area (Å²) in [6, 6.07) is 7.23. The molecule has 2 rings (SSSR count). The van der Waals surface area contributed by atoms with E-state index in [1.807, 2.05) is 0 Å². The number of hydrogen-bond acceptors (Lipinski definition) is 6. The lowest BCUT2D eigenvalue weighted by atomic mass is 10.1. The van der Waals surface area contributed by atoms with Gasteiger partial charge in [-0.2, -0.15) is 13.2 Å². The van der Waals surface area contributed by atoms with Gasteiger partial charge in [-0.15, -0.1) is 0 Å². The fourth-order valence-corrected chi connectivity index (χ4v) is 4.76. The van der Waals surface area contributed by atoms with Crippen molar-refractivity contribution in [2.75, 3.05) is 19.4 Å². The molecule has 32 heavy (non-hydrogen) atoms. The van der Waals surface area contributed by atoms with Crippen molar-refractivity contribution in [3.63, 3.8) is 0 Å². The molecule has 0 unspecified atom stereocenters. The molecule has 0 radical (unpaired) electrons. The first-order valence-electron chi connectivity index (χ1n) is 8.60. The number of aliphatic hydroxyl groups is 1. The lowest BCUT2D eigenvalue weighted by Gasteiger charge is -2.25. The first kappa shape index (κ1) is 26.1. The van der Waals surface area contributed by atoms with Crippen molar-refractivity contribution in [3.8, 4) is 0 Å². The van der Waals surface area contributed by atoms with Crippen molar-refractivity contribution in [1.29, 1.82) is 0 Å². The highest BCUT2D eigenvalue weighted by Gasteiger charge is 2.55. The number of carbonyl (C=O) groups is 1. The molecule has 14 heteroatoms. The quantitative estimate of drug-likeness (QED) is 0.611. The van der Waals surface area contributed by atoms with E-state index in [9.17, 15) is 39.9 Å². The standard InChI is InChI=1S/C18H18ClF3N2O6S2/c1-17(26,18(20,21)22)16(25)23-15-9-8-13(10-14(15)19)31(27,28)11-4-6-12(7-5-11)32(29,30)24(2)3/h4-10,26H,1-3H3,(H,23,25)/t17-/m1/s1. The molecule has 0 bridgehead atoms. The largest absolute Gasteiger partial charge is 0.426 e. The van der Waals surface area contributed by atoms with E-state index in [-0.39, 0.29) is 27.3 Å². The first-order valence-corrected chi connectivity index (χ1v) is 11.9. The molecule has 0 aliphatic heterocycles. The summed E-state index contributed by atoms with van der Waals surface area (Å²) in [6.07, 6.45) is -5.25. The number of nitrogens with zero attached hydrogens (tertiary/aromatic N) is 1. The molecule has 2 N–H and O–H groups in total. The van der Waals surface area contributed by atoms with Crippen molar-refractivity contribution >= 4 is 43.1 Å². The third kappa shape index (κ3) is 4.91. The first-order chi connectivity index (χ1) is 14.4. The van der Waals surface area contributed by atoms with Crippen molar-refractivity contribution in [3.05, 3.63) is 47.5 Å². The Hall–Kier alpha value is -2.19. The number of alkyl halides is 3. The molecule has 0 saturated carbocycles. The fourth-order valence-electron chi connectivity index (χ4n) is 2.27. The second-order valence-corrected chi connectivity index (χ2v) is 11.4. The maximum atomic E-state index is 12.8. The Labute approximate surface area is 187 Å². The van der Waals surface area contributed by atoms with Crippen LogP contribution < -0.4 is 5.32 Å². The van der Waals surface area contributed by atoms with Crippen molar-refractivity contribution < 1.29 is 39.9 Å². The SMILES string of the molecule is CN(C)S(=O)(=O)c1ccc(S(=O)(=O)c2ccc(NC(=O)[C@@](C)(O)C(F)(F)F)c(Cl)c2)cc1. The second kappa shape index (κ2) is 8.63. The smallest absolute Gasteiger partial charge is 0.373 e. The highest BCUT2D eigenvalue weighted by molar-refractivity contribution is 7.91. The van der Waals surface area contributed by atoms with Crippen LogP contribution in [0.25, 0.3) is 0 Å². The molecule has 0 aliphatic rings. The van der Waals surface area contributed by atoms with Crippen molar-refractivity contribution in [1.82, 2.24) is 4.31 Å². The predicted octanol–water partition coefficient (Wildman–Crippen LogP) is 2.67. The van der Waals surface area contributed by atoms with E-state index >= 15 is 0 Å². The van der Waals surface area contributed by atoms with E-state index in [4.69, 9.17) is 11.6 Å². The molecular formula is C18H18ClF3N2O6S2. The Morgan fingerprint density at radius 3 is 1.88 bits per heavy atom. The second-order valence-electron chi connectivity index (χ2n) is 6.93. The molecule has 2 aromatic rings. The van der Waals surface area contributed by atoms with Gasteiger partial charge in [0.05, 0.1) is 25.4 Å². The number of sulfone groups is 1. The van der Waals surface area contributed by atoms with E-state index < -0.39 is 42.6 Å². The van der Waals surface area contributed by atoms with Crippen LogP contribution in [0.15, 0.2) is 57.2 Å². The molecule has 2 aromatic carbocycles. The maximum Gasteiger partial charge on any atom is 0.426 e. The predicted molar refractivity (Wildman–Crippen MR) is 110 cm³/mol. The molecule has 0 saturated heterocycles. The average Bonchev–Trinajstić information content (AvgIpc) is 2.68. The van der Waals surface area contributed by atoms with Crippen LogP contribution in [0.1, 0.15) is 6.92 Å². The van der Waals surface area contributed by atoms with Crippen LogP contribution in [0, 0.1) is 0 Å². The van der Waals surface area contributed by atoms with Gasteiger partial charge in [0.2, 0.25) is 25.5 Å². The van der Waals surface area contributed by atoms with Crippen LogP contribution in [-0.2, 0) is 24.7 Å². The van der Waals surface area contributed by atoms with Gasteiger partial charge in [-0.05, 0) is 49.4 Å². The van der Waals surface area contributed by atoms with Crippen LogP contribution in [0.4, 0.5) is 18.9 Å². The van der Waals surface area contributed by atoms with Crippen molar-refractivity contribution in [2.45, 2.75) is 33.4 Å². The number of halogens is 4. The van der Waals surface area contributed by atoms with Gasteiger partial charge in [-0.3, -0.25) is 4.79 Å². The minimum atomic E-state index is -5.25. The van der Waals surface area contributed by atoms with Crippen molar-refractivity contribution in [2.24, 2.45) is 0 Å². The summed E-state index contributed by atoms with van der Waals surface area (Å²) in [5.74, 6) is -1.81. The van der Waals surface area contributed by atoms with Gasteiger partial charge >= 0.3 is 6.18 Å². The van der Waals surface area contributed by atoms with E-state index in [0.29, 0.717) is 0 Å². The normalized spacial score (nSPS) is 14.8. The number of anilines is 1. The fraction of sp³-hybridized carbons (Fsp3) is 0.278. The highest BCUT2D eigenvalue weighted by Crippen LogP contribution is 2.33. The molecular weight excluding hydrogens is 497 g/mol. The number of rotatable bonds is 6. The summed E-state index contributed by atoms with van der Waals surface area (Å²) in [5.41, 5.74) is -4.05. The number of hydrogen-bond donors (Lipinski definition) is 2. The van der Waals surface area contributed by atoms with Crippen LogP contribution in [0.3, 0.4) is 0 Å². The Kier molecular flexibility index (Phi) is 7.03. The zero-order valence-corrected chi connectivity index (χ0v) is 19.2. The summed E-state index contributed by atoms with van der Waals surface area (Å²) in [6.45, 7) is 0.259. The maximum absolute atomic E-state index is 12.8. The third-order valence-electron chi connectivity index (χ3n) is 4.41. The van der Waals surface area contributed by atoms with Gasteiger partial charge in [0.1, 0.15) is 0 Å². The topological polar surface area (TPSA) is 121 Å². The third-order valence-corrected chi connectivity index (χ3v) is 8.32. The van der Waals surface area contributed by atoms with E-state index in [0.717, 1.165) is 46.8 Å². The number of carbonyl (C=O) groups excluding carboxylic acids is 1. The summed E-state index contributed by atoms with van der Waals surface area (Å²) in [5, 5.41) is 10.8. The van der Waals surface area contributed by atoms with Gasteiger partial charge in [0.25, 0.3) is 5.91 Å².